The third kappa shape index (κ3) is 7.48. The minimum absolute atomic E-state index is 0.0369. The van der Waals surface area contributed by atoms with E-state index in [2.05, 4.69) is 4.90 Å². The molecule has 2 N–H and O–H groups in total. The molecule has 55 heavy (non-hydrogen) atoms. The molecule has 4 aromatic rings. The van der Waals surface area contributed by atoms with Crippen molar-refractivity contribution in [3.05, 3.63) is 81.9 Å². The molecule has 0 bridgehead atoms. The number of anilines is 1. The standard InChI is InChI=1S/C41H46F2N6O6/c1-54-36-22-34-25(19-31(36)39(44)51)23-48(45-34)27-6-4-24(5-7-27)12-16-46-17-13-28(14-18-46)55-29-20-32(42)38(33(43)21-29)30-10-11-37(50)49(40(30)52)35-3-2-15-47(41(35)53)26-8-9-26/h2-3,15,19-24,26-28,30H,4-14,16-18H2,1H3,(H2,44,51). The van der Waals surface area contributed by atoms with Crippen LogP contribution in [0.2, 0.25) is 0 Å². The smallest absolute Gasteiger partial charge is 0.275 e. The highest BCUT2D eigenvalue weighted by Crippen LogP contribution is 2.38. The third-order valence-electron chi connectivity index (χ3n) is 11.9. The van der Waals surface area contributed by atoms with Gasteiger partial charge in [0, 0.05) is 67.1 Å². The van der Waals surface area contributed by atoms with Gasteiger partial charge in [-0.15, -0.1) is 0 Å². The second-order valence-electron chi connectivity index (χ2n) is 15.5. The molecular formula is C41H46F2N6O6. The van der Waals surface area contributed by atoms with E-state index < -0.39 is 46.4 Å². The summed E-state index contributed by atoms with van der Waals surface area (Å²) < 4.78 is 46.2. The maximum Gasteiger partial charge on any atom is 0.275 e. The van der Waals surface area contributed by atoms with E-state index in [0.717, 1.165) is 105 Å². The zero-order chi connectivity index (χ0) is 38.4. The number of amides is 3. The van der Waals surface area contributed by atoms with Gasteiger partial charge >= 0.3 is 0 Å². The Morgan fingerprint density at radius 1 is 0.927 bits per heavy atom. The van der Waals surface area contributed by atoms with Gasteiger partial charge in [0.15, 0.2) is 0 Å². The van der Waals surface area contributed by atoms with E-state index in [1.54, 1.807) is 24.4 Å². The molecule has 1 unspecified atom stereocenters. The van der Waals surface area contributed by atoms with Gasteiger partial charge in [-0.25, -0.2) is 13.7 Å². The van der Waals surface area contributed by atoms with Crippen LogP contribution in [0.1, 0.15) is 105 Å². The first kappa shape index (κ1) is 36.8. The zero-order valence-electron chi connectivity index (χ0n) is 30.9. The van der Waals surface area contributed by atoms with Crippen LogP contribution in [0, 0.1) is 17.6 Å². The lowest BCUT2D eigenvalue weighted by Crippen LogP contribution is -2.47. The fourth-order valence-electron chi connectivity index (χ4n) is 8.70. The topological polar surface area (TPSA) is 142 Å². The molecule has 2 aliphatic heterocycles. The predicted molar refractivity (Wildman–Crippen MR) is 200 cm³/mol. The van der Waals surface area contributed by atoms with Gasteiger partial charge in [-0.3, -0.25) is 23.9 Å². The van der Waals surface area contributed by atoms with Crippen LogP contribution >= 0.6 is 0 Å². The number of benzene rings is 2. The summed E-state index contributed by atoms with van der Waals surface area (Å²) in [6.45, 7) is 2.62. The van der Waals surface area contributed by atoms with Crippen LogP contribution in [-0.4, -0.2) is 69.8 Å². The number of imide groups is 1. The highest BCUT2D eigenvalue weighted by Gasteiger charge is 2.41. The van der Waals surface area contributed by atoms with Gasteiger partial charge in [-0.2, -0.15) is 5.10 Å². The van der Waals surface area contributed by atoms with Crippen molar-refractivity contribution in [1.29, 1.82) is 0 Å². The molecule has 2 aromatic carbocycles. The normalized spacial score (nSPS) is 22.7. The van der Waals surface area contributed by atoms with E-state index in [0.29, 0.717) is 23.3 Å². The Morgan fingerprint density at radius 3 is 2.31 bits per heavy atom. The third-order valence-corrected chi connectivity index (χ3v) is 11.9. The monoisotopic (exact) mass is 756 g/mol. The van der Waals surface area contributed by atoms with Crippen molar-refractivity contribution in [1.82, 2.24) is 19.2 Å². The van der Waals surface area contributed by atoms with E-state index in [-0.39, 0.29) is 36.4 Å². The van der Waals surface area contributed by atoms with E-state index in [1.807, 2.05) is 10.9 Å². The Kier molecular flexibility index (Phi) is 10.2. The summed E-state index contributed by atoms with van der Waals surface area (Å²) in [5.74, 6) is -3.83. The summed E-state index contributed by atoms with van der Waals surface area (Å²) in [6, 6.07) is 9.11. The first-order chi connectivity index (χ1) is 26.6. The number of hydrogen-bond acceptors (Lipinski definition) is 8. The fourth-order valence-corrected chi connectivity index (χ4v) is 8.70. The number of piperidine rings is 2. The average molecular weight is 757 g/mol. The second-order valence-corrected chi connectivity index (χ2v) is 15.5. The van der Waals surface area contributed by atoms with E-state index in [4.69, 9.17) is 20.3 Å². The Bertz CT molecular complexity index is 2160. The number of aromatic nitrogens is 3. The Labute approximate surface area is 317 Å². The maximum absolute atomic E-state index is 15.6. The summed E-state index contributed by atoms with van der Waals surface area (Å²) in [6.07, 6.45) is 11.7. The SMILES string of the molecule is COc1cc2nn(C3CCC(CCN4CCC(Oc5cc(F)c(C6CCC(=O)N(c7cccn(C8CC8)c7=O)C6=O)c(F)c5)CC4)CC3)cc2cc1C(N)=O. The van der Waals surface area contributed by atoms with Gasteiger partial charge in [0.05, 0.1) is 30.1 Å². The van der Waals surface area contributed by atoms with Crippen molar-refractivity contribution >= 4 is 34.3 Å². The number of pyridine rings is 1. The van der Waals surface area contributed by atoms with E-state index in [1.165, 1.54) is 17.7 Å². The Balaban J connectivity index is 0.819. The molecule has 14 heteroatoms. The molecular weight excluding hydrogens is 710 g/mol. The molecule has 3 amide bonds. The first-order valence-electron chi connectivity index (χ1n) is 19.4. The molecule has 4 heterocycles. The molecule has 4 aliphatic rings. The van der Waals surface area contributed by atoms with Crippen molar-refractivity contribution < 1.29 is 32.6 Å². The molecule has 1 atom stereocenters. The highest BCUT2D eigenvalue weighted by molar-refractivity contribution is 6.18. The number of methoxy groups -OCH3 is 1. The number of likely N-dealkylation sites (tertiary alicyclic amines) is 1. The average Bonchev–Trinajstić information content (AvgIpc) is 3.93. The van der Waals surface area contributed by atoms with Crippen molar-refractivity contribution in [2.75, 3.05) is 31.6 Å². The van der Waals surface area contributed by atoms with Crippen LogP contribution in [0.5, 0.6) is 11.5 Å². The lowest BCUT2D eigenvalue weighted by molar-refractivity contribution is -0.130. The van der Waals surface area contributed by atoms with Gasteiger partial charge in [-0.05, 0) is 94.9 Å². The molecule has 0 spiro atoms. The quantitative estimate of drug-likeness (QED) is 0.183. The fraction of sp³-hybridized carbons (Fsp3) is 0.488. The first-order valence-corrected chi connectivity index (χ1v) is 19.4. The lowest BCUT2D eigenvalue weighted by Gasteiger charge is -2.34. The van der Waals surface area contributed by atoms with Crippen molar-refractivity contribution in [2.24, 2.45) is 11.7 Å². The molecule has 8 rings (SSSR count). The van der Waals surface area contributed by atoms with Crippen LogP contribution < -0.4 is 25.7 Å². The molecule has 2 aromatic heterocycles. The zero-order valence-corrected chi connectivity index (χ0v) is 30.9. The molecule has 2 aliphatic carbocycles. The van der Waals surface area contributed by atoms with Crippen molar-refractivity contribution in [3.63, 3.8) is 0 Å². The van der Waals surface area contributed by atoms with E-state index in [9.17, 15) is 19.2 Å². The van der Waals surface area contributed by atoms with Crippen LogP contribution in [0.15, 0.2) is 53.6 Å². The number of ether oxygens (including phenoxy) is 2. The molecule has 2 saturated carbocycles. The van der Waals surface area contributed by atoms with Crippen LogP contribution in [0.3, 0.4) is 0 Å². The molecule has 12 nitrogen and oxygen atoms in total. The molecule has 4 fully saturated rings. The molecule has 2 saturated heterocycles. The van der Waals surface area contributed by atoms with E-state index >= 15 is 8.78 Å². The van der Waals surface area contributed by atoms with Crippen LogP contribution in [0.25, 0.3) is 10.9 Å². The minimum Gasteiger partial charge on any atom is -0.496 e. The Morgan fingerprint density at radius 2 is 1.64 bits per heavy atom. The summed E-state index contributed by atoms with van der Waals surface area (Å²) in [5.41, 5.74) is 5.70. The minimum atomic E-state index is -1.24. The number of nitrogens with two attached hydrogens (primary N) is 1. The van der Waals surface area contributed by atoms with Gasteiger partial charge in [0.1, 0.15) is 34.9 Å². The number of hydrogen-bond donors (Lipinski definition) is 1. The molecule has 290 valence electrons. The number of carbonyl (C=O) groups excluding carboxylic acids is 3. The number of halogens is 2. The Hall–Kier alpha value is -5.11. The van der Waals surface area contributed by atoms with Crippen LogP contribution in [0.4, 0.5) is 14.5 Å². The van der Waals surface area contributed by atoms with Crippen molar-refractivity contribution in [2.45, 2.75) is 94.7 Å². The predicted octanol–water partition coefficient (Wildman–Crippen LogP) is 6.02. The lowest BCUT2D eigenvalue weighted by atomic mass is 9.84. The van der Waals surface area contributed by atoms with Gasteiger partial charge in [0.25, 0.3) is 11.5 Å². The number of rotatable bonds is 11. The largest absolute Gasteiger partial charge is 0.496 e. The number of carbonyl (C=O) groups is 3. The number of fused-ring (bicyclic) bond motifs is 1. The molecule has 0 radical (unpaired) electrons. The maximum atomic E-state index is 15.6. The number of nitrogens with zero attached hydrogens (tertiary/aromatic N) is 5. The second kappa shape index (κ2) is 15.2. The summed E-state index contributed by atoms with van der Waals surface area (Å²) in [7, 11) is 1.51. The van der Waals surface area contributed by atoms with Gasteiger partial charge < -0.3 is 24.7 Å². The van der Waals surface area contributed by atoms with Gasteiger partial charge in [-0.1, -0.05) is 0 Å². The van der Waals surface area contributed by atoms with Crippen LogP contribution in [-0.2, 0) is 9.59 Å². The van der Waals surface area contributed by atoms with Gasteiger partial charge in [0.2, 0.25) is 11.8 Å². The highest BCUT2D eigenvalue weighted by atomic mass is 19.1. The number of primary amides is 1. The summed E-state index contributed by atoms with van der Waals surface area (Å²) >= 11 is 0. The van der Waals surface area contributed by atoms with Crippen molar-refractivity contribution in [3.8, 4) is 11.5 Å². The summed E-state index contributed by atoms with van der Waals surface area (Å²) in [4.78, 5) is 54.7. The summed E-state index contributed by atoms with van der Waals surface area (Å²) in [5, 5.41) is 5.64.